The van der Waals surface area contributed by atoms with E-state index in [1.54, 1.807) is 30.3 Å². The van der Waals surface area contributed by atoms with Crippen LogP contribution in [0.4, 0.5) is 0 Å². The largest absolute Gasteiger partial charge is 0.370 e. The minimum atomic E-state index is -0.606. The lowest BCUT2D eigenvalue weighted by molar-refractivity contribution is -0.692. The van der Waals surface area contributed by atoms with Gasteiger partial charge in [0.1, 0.15) is 0 Å². The molecule has 0 spiro atoms. The van der Waals surface area contributed by atoms with Crippen molar-refractivity contribution in [3.8, 4) is 0 Å². The molecule has 5 heteroatoms. The molecule has 0 aliphatic heterocycles. The van der Waals surface area contributed by atoms with Crippen molar-refractivity contribution < 1.29 is 9.36 Å². The van der Waals surface area contributed by atoms with Crippen molar-refractivity contribution in [2.75, 3.05) is 6.54 Å². The number of carbonyl (C=O) groups excluding carboxylic acids is 1. The third-order valence-corrected chi connectivity index (χ3v) is 3.93. The second-order valence-corrected chi connectivity index (χ2v) is 6.01. The number of halogens is 1. The molecule has 0 saturated heterocycles. The average Bonchev–Trinajstić information content (AvgIpc) is 2.53. The Morgan fingerprint density at radius 3 is 2.70 bits per heavy atom. The molecule has 0 radical (unpaired) electrons. The first-order chi connectivity index (χ1) is 11.0. The highest BCUT2D eigenvalue weighted by atomic mass is 35.5. The molecule has 2 rings (SSSR count). The molecular formula is C18H18ClN2OS+. The van der Waals surface area contributed by atoms with E-state index in [1.165, 1.54) is 0 Å². The summed E-state index contributed by atoms with van der Waals surface area (Å²) in [6.07, 6.45) is 5.45. The molecule has 1 heterocycles. The van der Waals surface area contributed by atoms with Crippen molar-refractivity contribution in [3.05, 3.63) is 77.6 Å². The Balaban J connectivity index is 2.40. The second kappa shape index (κ2) is 7.99. The molecule has 0 aliphatic carbocycles. The van der Waals surface area contributed by atoms with E-state index in [1.807, 2.05) is 36.0 Å². The van der Waals surface area contributed by atoms with Crippen molar-refractivity contribution in [2.45, 2.75) is 13.0 Å². The Bertz CT molecular complexity index is 728. The Morgan fingerprint density at radius 2 is 2.09 bits per heavy atom. The quantitative estimate of drug-likeness (QED) is 0.376. The van der Waals surface area contributed by atoms with Crippen LogP contribution >= 0.6 is 23.8 Å². The van der Waals surface area contributed by atoms with Gasteiger partial charge in [-0.15, -0.1) is 6.58 Å². The summed E-state index contributed by atoms with van der Waals surface area (Å²) in [6.45, 7) is 6.15. The molecule has 1 atom stereocenters. The summed E-state index contributed by atoms with van der Waals surface area (Å²) in [7, 11) is 0. The zero-order chi connectivity index (χ0) is 16.8. The number of hydrogen-bond acceptors (Lipinski definition) is 2. The van der Waals surface area contributed by atoms with E-state index in [0.717, 1.165) is 5.56 Å². The van der Waals surface area contributed by atoms with Crippen LogP contribution < -0.4 is 9.88 Å². The number of nitrogens with zero attached hydrogens (tertiary/aromatic N) is 1. The second-order valence-electron chi connectivity index (χ2n) is 5.14. The van der Waals surface area contributed by atoms with Gasteiger partial charge in [-0.1, -0.05) is 29.9 Å². The number of benzene rings is 1. The van der Waals surface area contributed by atoms with Crippen LogP contribution in [0.3, 0.4) is 0 Å². The summed E-state index contributed by atoms with van der Waals surface area (Å²) in [5.74, 6) is -0.0844. The van der Waals surface area contributed by atoms with Crippen molar-refractivity contribution in [1.82, 2.24) is 5.32 Å². The van der Waals surface area contributed by atoms with Crippen molar-refractivity contribution >= 4 is 34.6 Å². The fourth-order valence-corrected chi connectivity index (χ4v) is 2.65. The van der Waals surface area contributed by atoms with Crippen LogP contribution in [0.5, 0.6) is 0 Å². The Kier molecular flexibility index (Phi) is 6.02. The highest BCUT2D eigenvalue weighted by molar-refractivity contribution is 7.80. The van der Waals surface area contributed by atoms with Crippen molar-refractivity contribution in [2.24, 2.45) is 0 Å². The molecule has 118 valence electrons. The molecule has 2 aromatic rings. The van der Waals surface area contributed by atoms with Crippen LogP contribution in [0.15, 0.2) is 61.4 Å². The maximum absolute atomic E-state index is 13.0. The molecule has 23 heavy (non-hydrogen) atoms. The van der Waals surface area contributed by atoms with Gasteiger partial charge in [0, 0.05) is 28.8 Å². The Morgan fingerprint density at radius 1 is 1.39 bits per heavy atom. The molecule has 0 fully saturated rings. The van der Waals surface area contributed by atoms with Gasteiger partial charge in [0.25, 0.3) is 6.04 Å². The molecular weight excluding hydrogens is 328 g/mol. The highest BCUT2D eigenvalue weighted by Gasteiger charge is 2.32. The fourth-order valence-electron chi connectivity index (χ4n) is 2.21. The van der Waals surface area contributed by atoms with Crippen LogP contribution in [0.2, 0.25) is 5.02 Å². The molecule has 3 nitrogen and oxygen atoms in total. The number of aromatic nitrogens is 1. The monoisotopic (exact) mass is 345 g/mol. The average molecular weight is 346 g/mol. The zero-order valence-corrected chi connectivity index (χ0v) is 14.4. The van der Waals surface area contributed by atoms with E-state index < -0.39 is 6.04 Å². The molecule has 1 N–H and O–H groups in total. The van der Waals surface area contributed by atoms with Crippen LogP contribution in [-0.2, 0) is 0 Å². The molecule has 0 saturated carbocycles. The number of ketones is 1. The van der Waals surface area contributed by atoms with Crippen LogP contribution in [0, 0.1) is 6.92 Å². The summed E-state index contributed by atoms with van der Waals surface area (Å²) in [6, 6.07) is 10.1. The van der Waals surface area contributed by atoms with Gasteiger partial charge in [-0.05, 0) is 37.3 Å². The number of hydrogen-bond donors (Lipinski definition) is 1. The lowest BCUT2D eigenvalue weighted by atomic mass is 10.0. The number of carbonyl (C=O) groups is 1. The van der Waals surface area contributed by atoms with E-state index >= 15 is 0 Å². The van der Waals surface area contributed by atoms with Crippen LogP contribution in [0.25, 0.3) is 0 Å². The summed E-state index contributed by atoms with van der Waals surface area (Å²) in [5.41, 5.74) is 1.61. The van der Waals surface area contributed by atoms with E-state index in [-0.39, 0.29) is 5.78 Å². The van der Waals surface area contributed by atoms with E-state index in [0.29, 0.717) is 22.1 Å². The molecule has 1 aromatic carbocycles. The van der Waals surface area contributed by atoms with Gasteiger partial charge in [-0.3, -0.25) is 4.79 Å². The van der Waals surface area contributed by atoms with Gasteiger partial charge < -0.3 is 5.32 Å². The number of aryl methyl sites for hydroxylation is 1. The van der Waals surface area contributed by atoms with Gasteiger partial charge in [0.05, 0.1) is 0 Å². The minimum Gasteiger partial charge on any atom is -0.370 e. The normalized spacial score (nSPS) is 11.6. The van der Waals surface area contributed by atoms with Crippen molar-refractivity contribution in [3.63, 3.8) is 0 Å². The Hall–Kier alpha value is -2.04. The van der Waals surface area contributed by atoms with Gasteiger partial charge in [-0.25, -0.2) is 0 Å². The predicted molar refractivity (Wildman–Crippen MR) is 97.0 cm³/mol. The zero-order valence-electron chi connectivity index (χ0n) is 12.8. The van der Waals surface area contributed by atoms with Crippen LogP contribution in [-0.4, -0.2) is 17.3 Å². The number of nitrogens with one attached hydrogen (secondary N) is 1. The third-order valence-electron chi connectivity index (χ3n) is 3.31. The smallest absolute Gasteiger partial charge is 0.270 e. The molecule has 0 aliphatic rings. The number of thiocarbonyl (C=S) groups is 1. The van der Waals surface area contributed by atoms with Gasteiger partial charge in [0.2, 0.25) is 5.78 Å². The summed E-state index contributed by atoms with van der Waals surface area (Å²) in [4.78, 5) is 13.4. The van der Waals surface area contributed by atoms with Crippen molar-refractivity contribution in [1.29, 1.82) is 0 Å². The molecule has 0 amide bonds. The van der Waals surface area contributed by atoms with Gasteiger partial charge in [0.15, 0.2) is 17.4 Å². The standard InChI is InChI=1S/C18H17ClN2OS/c1-3-10-20-18(23)16(21-11-4-5-13(2)12-21)17(22)14-6-8-15(19)9-7-14/h3-9,11-12,16H,1,10H2,2H3/p+1/t16-/m1/s1. The molecule has 0 bridgehead atoms. The minimum absolute atomic E-state index is 0.0844. The lowest BCUT2D eigenvalue weighted by Gasteiger charge is -2.14. The van der Waals surface area contributed by atoms with E-state index in [4.69, 9.17) is 23.8 Å². The third kappa shape index (κ3) is 4.47. The number of Topliss-reactive ketones (excluding diaryl/α,β-unsaturated/α-hetero) is 1. The first-order valence-corrected chi connectivity index (χ1v) is 7.97. The number of rotatable bonds is 6. The first kappa shape index (κ1) is 17.3. The highest BCUT2D eigenvalue weighted by Crippen LogP contribution is 2.15. The topological polar surface area (TPSA) is 33.0 Å². The van der Waals surface area contributed by atoms with Crippen LogP contribution in [0.1, 0.15) is 22.0 Å². The lowest BCUT2D eigenvalue weighted by Crippen LogP contribution is -2.51. The molecule has 1 aromatic heterocycles. The number of pyridine rings is 1. The first-order valence-electron chi connectivity index (χ1n) is 7.18. The van der Waals surface area contributed by atoms with E-state index in [2.05, 4.69) is 11.9 Å². The summed E-state index contributed by atoms with van der Waals surface area (Å²) >= 11 is 11.3. The maximum Gasteiger partial charge on any atom is 0.270 e. The van der Waals surface area contributed by atoms with Gasteiger partial charge in [-0.2, -0.15) is 4.57 Å². The summed E-state index contributed by atoms with van der Waals surface area (Å²) in [5, 5.41) is 3.65. The fraction of sp³-hybridized carbons (Fsp3) is 0.167. The SMILES string of the molecule is C=CCNC(=S)[C@@H](C(=O)c1ccc(Cl)cc1)[n+]1cccc(C)c1. The van der Waals surface area contributed by atoms with E-state index in [9.17, 15) is 4.79 Å². The Labute approximate surface area is 146 Å². The molecule has 0 unspecified atom stereocenters. The predicted octanol–water partition coefficient (Wildman–Crippen LogP) is 3.46. The maximum atomic E-state index is 13.0. The van der Waals surface area contributed by atoms with Gasteiger partial charge >= 0.3 is 0 Å². The summed E-state index contributed by atoms with van der Waals surface area (Å²) < 4.78 is 1.82.